The molecule has 0 radical (unpaired) electrons. The van der Waals surface area contributed by atoms with Gasteiger partial charge in [0.05, 0.1) is 6.61 Å². The normalized spacial score (nSPS) is 11.8. The molecule has 0 saturated carbocycles. The average molecular weight is 495 g/mol. The second-order valence-electron chi connectivity index (χ2n) is 8.57. The number of hydrogen-bond acceptors (Lipinski definition) is 6. The third-order valence-corrected chi connectivity index (χ3v) is 8.02. The number of nitrogens with zero attached hydrogens (tertiary/aromatic N) is 1. The Labute approximate surface area is 211 Å². The van der Waals surface area contributed by atoms with E-state index in [1.54, 1.807) is 11.8 Å². The van der Waals surface area contributed by atoms with Crippen LogP contribution in [0.1, 0.15) is 51.3 Å². The quantitative estimate of drug-likeness (QED) is 0.250. The van der Waals surface area contributed by atoms with Crippen LogP contribution < -0.4 is 5.73 Å². The zero-order valence-electron chi connectivity index (χ0n) is 20.9. The number of allylic oxidation sites excluding steroid dienone is 1. The van der Waals surface area contributed by atoms with Crippen LogP contribution in [-0.4, -0.2) is 30.4 Å². The van der Waals surface area contributed by atoms with E-state index in [0.717, 1.165) is 21.9 Å². The number of nitrogen functional groups attached to an aromatic ring is 1. The fourth-order valence-corrected chi connectivity index (χ4v) is 5.80. The van der Waals surface area contributed by atoms with Crippen LogP contribution in [0.3, 0.4) is 0 Å². The van der Waals surface area contributed by atoms with Crippen molar-refractivity contribution in [2.75, 3.05) is 25.3 Å². The van der Waals surface area contributed by atoms with E-state index in [-0.39, 0.29) is 5.97 Å². The van der Waals surface area contributed by atoms with Gasteiger partial charge >= 0.3 is 5.97 Å². The van der Waals surface area contributed by atoms with Crippen LogP contribution >= 0.6 is 23.1 Å². The van der Waals surface area contributed by atoms with Crippen LogP contribution in [0.4, 0.5) is 5.00 Å². The number of aryl methyl sites for hydroxylation is 2. The molecule has 3 aromatic rings. The van der Waals surface area contributed by atoms with E-state index >= 15 is 0 Å². The van der Waals surface area contributed by atoms with Crippen LogP contribution in [-0.2, 0) is 11.3 Å². The van der Waals surface area contributed by atoms with E-state index in [1.807, 2.05) is 37.3 Å². The molecule has 2 N–H and O–H groups in total. The average Bonchev–Trinajstić information content (AvgIpc) is 3.13. The number of anilines is 1. The number of carbonyl (C=O) groups is 1. The van der Waals surface area contributed by atoms with Gasteiger partial charge in [0.2, 0.25) is 0 Å². The Morgan fingerprint density at radius 1 is 1.15 bits per heavy atom. The van der Waals surface area contributed by atoms with Crippen molar-refractivity contribution in [1.82, 2.24) is 4.90 Å². The van der Waals surface area contributed by atoms with Gasteiger partial charge in [-0.15, -0.1) is 23.1 Å². The van der Waals surface area contributed by atoms with Gasteiger partial charge in [0.1, 0.15) is 10.6 Å². The lowest BCUT2D eigenvalue weighted by Crippen LogP contribution is -2.16. The highest BCUT2D eigenvalue weighted by Crippen LogP contribution is 2.40. The number of hydrogen-bond donors (Lipinski definition) is 1. The van der Waals surface area contributed by atoms with Crippen molar-refractivity contribution in [3.63, 3.8) is 0 Å². The minimum atomic E-state index is -0.361. The molecule has 0 aliphatic heterocycles. The predicted molar refractivity (Wildman–Crippen MR) is 148 cm³/mol. The molecule has 6 heteroatoms. The first-order valence-electron chi connectivity index (χ1n) is 11.4. The number of thiophene rings is 1. The molecule has 0 amide bonds. The Morgan fingerprint density at radius 2 is 1.79 bits per heavy atom. The number of carbonyl (C=O) groups excluding carboxylic acids is 1. The van der Waals surface area contributed by atoms with Crippen molar-refractivity contribution in [3.8, 4) is 11.1 Å². The molecule has 1 aromatic heterocycles. The molecule has 4 nitrogen and oxygen atoms in total. The molecule has 1 heterocycles. The van der Waals surface area contributed by atoms with Crippen LogP contribution in [0, 0.1) is 20.8 Å². The molecule has 2 aromatic carbocycles. The van der Waals surface area contributed by atoms with Gasteiger partial charge in [-0.2, -0.15) is 0 Å². The highest BCUT2D eigenvalue weighted by atomic mass is 32.2. The molecule has 0 atom stereocenters. The molecule has 3 rings (SSSR count). The van der Waals surface area contributed by atoms with Crippen molar-refractivity contribution in [3.05, 3.63) is 80.6 Å². The van der Waals surface area contributed by atoms with Gasteiger partial charge < -0.3 is 10.5 Å². The summed E-state index contributed by atoms with van der Waals surface area (Å²) in [5.74, 6) is 0.461. The largest absolute Gasteiger partial charge is 0.462 e. The summed E-state index contributed by atoms with van der Waals surface area (Å²) in [4.78, 5) is 16.0. The summed E-state index contributed by atoms with van der Waals surface area (Å²) >= 11 is 3.24. The fourth-order valence-electron chi connectivity index (χ4n) is 3.84. The summed E-state index contributed by atoms with van der Waals surface area (Å²) in [5, 5.41) is 2.74. The van der Waals surface area contributed by atoms with Crippen molar-refractivity contribution in [1.29, 1.82) is 0 Å². The van der Waals surface area contributed by atoms with Gasteiger partial charge in [-0.3, -0.25) is 4.90 Å². The molecule has 0 unspecified atom stereocenters. The zero-order valence-corrected chi connectivity index (χ0v) is 22.5. The zero-order chi connectivity index (χ0) is 24.8. The summed E-state index contributed by atoms with van der Waals surface area (Å²) < 4.78 is 5.31. The smallest absolute Gasteiger partial charge is 0.341 e. The standard InChI is InChI=1S/C28H34N2O2S2/c1-7-32-28(31)26-25(22-11-9-8-10-12-22)24(34-27(26)29)15-30(6)17-33-16-20(4)23-13-18(2)21(5)19(3)14-23/h8-14,16H,7,15,17,29H2,1-6H3. The fraction of sp³-hybridized carbons (Fsp3) is 0.321. The maximum atomic E-state index is 12.7. The first-order valence-corrected chi connectivity index (χ1v) is 13.3. The van der Waals surface area contributed by atoms with Crippen molar-refractivity contribution in [2.45, 2.75) is 41.2 Å². The first kappa shape index (κ1) is 26.1. The summed E-state index contributed by atoms with van der Waals surface area (Å²) in [6, 6.07) is 14.5. The Bertz CT molecular complexity index is 1160. The van der Waals surface area contributed by atoms with E-state index in [9.17, 15) is 4.79 Å². The third-order valence-electron chi connectivity index (χ3n) is 5.90. The summed E-state index contributed by atoms with van der Waals surface area (Å²) in [7, 11) is 2.09. The minimum absolute atomic E-state index is 0.319. The molecular formula is C28H34N2O2S2. The van der Waals surface area contributed by atoms with E-state index in [4.69, 9.17) is 10.5 Å². The van der Waals surface area contributed by atoms with Crippen LogP contribution in [0.5, 0.6) is 0 Å². The number of benzene rings is 2. The van der Waals surface area contributed by atoms with Gasteiger partial charge in [-0.25, -0.2) is 4.79 Å². The minimum Gasteiger partial charge on any atom is -0.462 e. The third kappa shape index (κ3) is 6.12. The Hall–Kier alpha value is -2.54. The molecular weight excluding hydrogens is 460 g/mol. The van der Waals surface area contributed by atoms with E-state index in [0.29, 0.717) is 23.7 Å². The van der Waals surface area contributed by atoms with E-state index in [1.165, 1.54) is 39.2 Å². The topological polar surface area (TPSA) is 55.6 Å². The van der Waals surface area contributed by atoms with E-state index in [2.05, 4.69) is 57.2 Å². The van der Waals surface area contributed by atoms with Crippen molar-refractivity contribution < 1.29 is 9.53 Å². The Balaban J connectivity index is 1.77. The number of rotatable bonds is 9. The number of thioether (sulfide) groups is 1. The molecule has 180 valence electrons. The molecule has 0 aliphatic carbocycles. The summed E-state index contributed by atoms with van der Waals surface area (Å²) in [6.07, 6.45) is 0. The maximum Gasteiger partial charge on any atom is 0.341 e. The van der Waals surface area contributed by atoms with Crippen LogP contribution in [0.2, 0.25) is 0 Å². The van der Waals surface area contributed by atoms with Crippen LogP contribution in [0.25, 0.3) is 16.7 Å². The van der Waals surface area contributed by atoms with Gasteiger partial charge in [0, 0.05) is 22.9 Å². The molecule has 0 saturated heterocycles. The maximum absolute atomic E-state index is 12.7. The van der Waals surface area contributed by atoms with Crippen LogP contribution in [0.15, 0.2) is 47.9 Å². The highest BCUT2D eigenvalue weighted by Gasteiger charge is 2.25. The Morgan fingerprint density at radius 3 is 2.41 bits per heavy atom. The van der Waals surface area contributed by atoms with E-state index < -0.39 is 0 Å². The lowest BCUT2D eigenvalue weighted by molar-refractivity contribution is 0.0529. The number of esters is 1. The summed E-state index contributed by atoms with van der Waals surface area (Å²) in [5.41, 5.74) is 15.2. The van der Waals surface area contributed by atoms with Gasteiger partial charge in [0.25, 0.3) is 0 Å². The second kappa shape index (κ2) is 11.7. The lowest BCUT2D eigenvalue weighted by atomic mass is 9.98. The molecule has 0 aliphatic rings. The van der Waals surface area contributed by atoms with Gasteiger partial charge in [-0.05, 0) is 80.5 Å². The first-order chi connectivity index (χ1) is 16.2. The lowest BCUT2D eigenvalue weighted by Gasteiger charge is -2.16. The van der Waals surface area contributed by atoms with Crippen molar-refractivity contribution in [2.24, 2.45) is 0 Å². The number of nitrogens with two attached hydrogens (primary N) is 1. The molecule has 0 spiro atoms. The monoisotopic (exact) mass is 494 g/mol. The molecule has 0 fully saturated rings. The number of ether oxygens (including phenoxy) is 1. The molecule has 34 heavy (non-hydrogen) atoms. The predicted octanol–water partition coefficient (Wildman–Crippen LogP) is 7.28. The SMILES string of the molecule is CCOC(=O)c1c(N)sc(CN(C)CSC=C(C)c2cc(C)c(C)c(C)c2)c1-c1ccccc1. The van der Waals surface area contributed by atoms with Gasteiger partial charge in [0.15, 0.2) is 0 Å². The van der Waals surface area contributed by atoms with Crippen molar-refractivity contribution >= 4 is 39.6 Å². The summed E-state index contributed by atoms with van der Waals surface area (Å²) in [6.45, 7) is 11.5. The highest BCUT2D eigenvalue weighted by molar-refractivity contribution is 8.02. The second-order valence-corrected chi connectivity index (χ2v) is 10.5. The van der Waals surface area contributed by atoms with Gasteiger partial charge in [-0.1, -0.05) is 42.5 Å². The Kier molecular flexibility index (Phi) is 9.00. The molecule has 0 bridgehead atoms.